The van der Waals surface area contributed by atoms with Crippen molar-refractivity contribution >= 4 is 11.6 Å². The fraction of sp³-hybridized carbons (Fsp3) is 0.111. The Morgan fingerprint density at radius 1 is 0.774 bits per heavy atom. The van der Waals surface area contributed by atoms with E-state index in [1.165, 1.54) is 11.1 Å². The van der Waals surface area contributed by atoms with E-state index in [0.29, 0.717) is 6.42 Å². The molecule has 2 heterocycles. The highest BCUT2D eigenvalue weighted by molar-refractivity contribution is 5.91. The Labute approximate surface area is 181 Å². The first kappa shape index (κ1) is 19.1. The van der Waals surface area contributed by atoms with Gasteiger partial charge in [-0.25, -0.2) is 0 Å². The molecule has 0 aliphatic carbocycles. The lowest BCUT2D eigenvalue weighted by Crippen LogP contribution is -2.19. The summed E-state index contributed by atoms with van der Waals surface area (Å²) in [4.78, 5) is 17.0. The van der Waals surface area contributed by atoms with Crippen LogP contribution in [0.15, 0.2) is 97.3 Å². The van der Waals surface area contributed by atoms with Crippen molar-refractivity contribution in [1.82, 2.24) is 4.98 Å². The lowest BCUT2D eigenvalue weighted by molar-refractivity contribution is -0.116. The molecule has 1 N–H and O–H groups in total. The molecule has 0 bridgehead atoms. The van der Waals surface area contributed by atoms with Gasteiger partial charge >= 0.3 is 0 Å². The molecule has 4 nitrogen and oxygen atoms in total. The number of carbonyl (C=O) groups is 1. The van der Waals surface area contributed by atoms with Crippen LogP contribution in [0.25, 0.3) is 0 Å². The maximum absolute atomic E-state index is 12.9. The zero-order valence-electron chi connectivity index (χ0n) is 17.0. The maximum Gasteiger partial charge on any atom is 0.225 e. The van der Waals surface area contributed by atoms with Gasteiger partial charge in [0, 0.05) is 41.5 Å². The van der Waals surface area contributed by atoms with E-state index in [2.05, 4.69) is 22.4 Å². The second-order valence-corrected chi connectivity index (χ2v) is 7.71. The Hall–Kier alpha value is -3.92. The van der Waals surface area contributed by atoms with Crippen LogP contribution >= 0.6 is 0 Å². The lowest BCUT2D eigenvalue weighted by Gasteiger charge is -2.27. The Kier molecular flexibility index (Phi) is 5.19. The van der Waals surface area contributed by atoms with Crippen molar-refractivity contribution < 1.29 is 9.53 Å². The van der Waals surface area contributed by atoms with E-state index in [0.717, 1.165) is 34.7 Å². The lowest BCUT2D eigenvalue weighted by atomic mass is 9.85. The minimum Gasteiger partial charge on any atom is -0.457 e. The first-order valence-corrected chi connectivity index (χ1v) is 10.4. The molecule has 1 amide bonds. The molecular weight excluding hydrogens is 384 g/mol. The number of aromatic nitrogens is 1. The number of benzene rings is 3. The van der Waals surface area contributed by atoms with Gasteiger partial charge in [0.25, 0.3) is 0 Å². The second-order valence-electron chi connectivity index (χ2n) is 7.71. The Morgan fingerprint density at radius 2 is 1.35 bits per heavy atom. The van der Waals surface area contributed by atoms with Crippen molar-refractivity contribution in [1.29, 1.82) is 0 Å². The van der Waals surface area contributed by atoms with Gasteiger partial charge in [-0.2, -0.15) is 0 Å². The van der Waals surface area contributed by atoms with E-state index in [1.807, 2.05) is 72.8 Å². The summed E-state index contributed by atoms with van der Waals surface area (Å²) in [5, 5.41) is 3.05. The first-order valence-electron chi connectivity index (χ1n) is 10.4. The third-order valence-corrected chi connectivity index (χ3v) is 5.59. The monoisotopic (exact) mass is 406 g/mol. The molecule has 3 aromatic carbocycles. The number of hydrogen-bond acceptors (Lipinski definition) is 3. The van der Waals surface area contributed by atoms with Gasteiger partial charge in [-0.3, -0.25) is 9.78 Å². The zero-order chi connectivity index (χ0) is 21.0. The Morgan fingerprint density at radius 3 is 2.00 bits per heavy atom. The normalized spacial score (nSPS) is 12.4. The summed E-state index contributed by atoms with van der Waals surface area (Å²) < 4.78 is 6.03. The number of nitrogens with one attached hydrogen (secondary N) is 1. The molecule has 0 spiro atoms. The molecule has 0 saturated carbocycles. The van der Waals surface area contributed by atoms with Gasteiger partial charge in [0.2, 0.25) is 5.91 Å². The van der Waals surface area contributed by atoms with Crippen LogP contribution in [-0.4, -0.2) is 10.9 Å². The zero-order valence-corrected chi connectivity index (χ0v) is 17.0. The van der Waals surface area contributed by atoms with E-state index >= 15 is 0 Å². The Bertz CT molecular complexity index is 1160. The maximum atomic E-state index is 12.9. The van der Waals surface area contributed by atoms with E-state index < -0.39 is 0 Å². The largest absolute Gasteiger partial charge is 0.457 e. The number of rotatable bonds is 5. The van der Waals surface area contributed by atoms with Crippen molar-refractivity contribution in [2.45, 2.75) is 18.8 Å². The van der Waals surface area contributed by atoms with Gasteiger partial charge in [0.05, 0.1) is 0 Å². The third kappa shape index (κ3) is 4.19. The number of pyridine rings is 1. The van der Waals surface area contributed by atoms with Crippen molar-refractivity contribution in [3.63, 3.8) is 0 Å². The summed E-state index contributed by atoms with van der Waals surface area (Å²) in [6.07, 6.45) is 4.80. The summed E-state index contributed by atoms with van der Waals surface area (Å²) in [7, 11) is 0. The van der Waals surface area contributed by atoms with Gasteiger partial charge in [0.15, 0.2) is 0 Å². The molecular formula is C27H22N2O2. The highest BCUT2D eigenvalue weighted by atomic mass is 16.5. The molecule has 1 aromatic heterocycles. The van der Waals surface area contributed by atoms with Gasteiger partial charge in [0.1, 0.15) is 11.5 Å². The van der Waals surface area contributed by atoms with E-state index in [4.69, 9.17) is 4.74 Å². The summed E-state index contributed by atoms with van der Waals surface area (Å²) in [5.41, 5.74) is 5.30. The SMILES string of the molecule is O=C(CC1c2ccccc2Oc2ccccc21)Nc1ccc(Cc2ccncc2)cc1. The number of hydrogen-bond donors (Lipinski definition) is 1. The predicted octanol–water partition coefficient (Wildman–Crippen LogP) is 5.94. The molecule has 0 atom stereocenters. The second kappa shape index (κ2) is 8.44. The molecule has 4 aromatic rings. The number of anilines is 1. The summed E-state index contributed by atoms with van der Waals surface area (Å²) in [6.45, 7) is 0. The first-order chi connectivity index (χ1) is 15.3. The van der Waals surface area contributed by atoms with Crippen molar-refractivity contribution in [3.8, 4) is 11.5 Å². The predicted molar refractivity (Wildman–Crippen MR) is 122 cm³/mol. The summed E-state index contributed by atoms with van der Waals surface area (Å²) in [5.74, 6) is 1.59. The molecule has 5 rings (SSSR count). The van der Waals surface area contributed by atoms with E-state index in [9.17, 15) is 4.79 Å². The van der Waals surface area contributed by atoms with Gasteiger partial charge < -0.3 is 10.1 Å². The fourth-order valence-electron chi connectivity index (χ4n) is 4.07. The molecule has 4 heteroatoms. The van der Waals surface area contributed by atoms with Crippen LogP contribution in [0.2, 0.25) is 0 Å². The third-order valence-electron chi connectivity index (χ3n) is 5.59. The van der Waals surface area contributed by atoms with E-state index in [-0.39, 0.29) is 11.8 Å². The summed E-state index contributed by atoms with van der Waals surface area (Å²) >= 11 is 0. The van der Waals surface area contributed by atoms with Crippen LogP contribution in [-0.2, 0) is 11.2 Å². The molecule has 0 radical (unpaired) electrons. The average Bonchev–Trinajstić information content (AvgIpc) is 2.81. The smallest absolute Gasteiger partial charge is 0.225 e. The fourth-order valence-corrected chi connectivity index (χ4v) is 4.07. The standard InChI is InChI=1S/C27H22N2O2/c30-27(29-21-11-9-19(10-12-21)17-20-13-15-28-16-14-20)18-24-22-5-1-3-7-25(22)31-26-8-4-2-6-23(24)26/h1-16,24H,17-18H2,(H,29,30). The van der Waals surface area contributed by atoms with Gasteiger partial charge in [-0.05, 0) is 53.9 Å². The molecule has 152 valence electrons. The molecule has 0 saturated heterocycles. The number of fused-ring (bicyclic) bond motifs is 2. The van der Waals surface area contributed by atoms with Crippen LogP contribution in [0.1, 0.15) is 34.6 Å². The minimum absolute atomic E-state index is 0.0154. The number of carbonyl (C=O) groups excluding carboxylic acids is 1. The van der Waals surface area contributed by atoms with Crippen LogP contribution in [0.4, 0.5) is 5.69 Å². The van der Waals surface area contributed by atoms with Crippen LogP contribution in [0, 0.1) is 0 Å². The van der Waals surface area contributed by atoms with Crippen molar-refractivity contribution in [2.24, 2.45) is 0 Å². The average molecular weight is 406 g/mol. The van der Waals surface area contributed by atoms with Crippen molar-refractivity contribution in [2.75, 3.05) is 5.32 Å². The van der Waals surface area contributed by atoms with E-state index in [1.54, 1.807) is 12.4 Å². The summed E-state index contributed by atoms with van der Waals surface area (Å²) in [6, 6.07) is 27.9. The molecule has 1 aliphatic heterocycles. The van der Waals surface area contributed by atoms with Gasteiger partial charge in [-0.1, -0.05) is 48.5 Å². The highest BCUT2D eigenvalue weighted by Crippen LogP contribution is 2.45. The van der Waals surface area contributed by atoms with Crippen LogP contribution < -0.4 is 10.1 Å². The number of nitrogens with zero attached hydrogens (tertiary/aromatic N) is 1. The number of ether oxygens (including phenoxy) is 1. The highest BCUT2D eigenvalue weighted by Gasteiger charge is 2.28. The van der Waals surface area contributed by atoms with Gasteiger partial charge in [-0.15, -0.1) is 0 Å². The minimum atomic E-state index is -0.0351. The number of para-hydroxylation sites is 2. The number of amides is 1. The molecule has 0 fully saturated rings. The van der Waals surface area contributed by atoms with Crippen molar-refractivity contribution in [3.05, 3.63) is 120 Å². The van der Waals surface area contributed by atoms with Crippen LogP contribution in [0.3, 0.4) is 0 Å². The molecule has 31 heavy (non-hydrogen) atoms. The van der Waals surface area contributed by atoms with Crippen LogP contribution in [0.5, 0.6) is 11.5 Å². The molecule has 0 unspecified atom stereocenters. The topological polar surface area (TPSA) is 51.2 Å². The quantitative estimate of drug-likeness (QED) is 0.446. The Balaban J connectivity index is 1.30. The molecule has 1 aliphatic rings.